The van der Waals surface area contributed by atoms with Crippen LogP contribution in [0.1, 0.15) is 11.1 Å². The van der Waals surface area contributed by atoms with Gasteiger partial charge in [0.1, 0.15) is 18.2 Å². The lowest BCUT2D eigenvalue weighted by Gasteiger charge is -2.12. The van der Waals surface area contributed by atoms with Crippen molar-refractivity contribution in [3.05, 3.63) is 91.5 Å². The van der Waals surface area contributed by atoms with Gasteiger partial charge in [0.2, 0.25) is 0 Å². The first-order valence-corrected chi connectivity index (χ1v) is 11.1. The summed E-state index contributed by atoms with van der Waals surface area (Å²) in [6, 6.07) is 22.4. The summed E-state index contributed by atoms with van der Waals surface area (Å²) in [5, 5.41) is 12.2. The molecular weight excluding hydrogens is 571 g/mol. The van der Waals surface area contributed by atoms with Crippen molar-refractivity contribution in [3.63, 3.8) is 0 Å². The molecule has 5 nitrogen and oxygen atoms in total. The van der Waals surface area contributed by atoms with Crippen LogP contribution in [-0.4, -0.2) is 13.0 Å². The standard InChI is InChI=1S/C24H18BrIN2O3/c1-30-23-13-17(4-11-22(23)31-15-16-2-5-19(25)6-3-16)12-18(14-27)24(29)28-21-9-7-20(26)8-10-21/h2-13H,15H2,1H3,(H,28,29)/b18-12+. The van der Waals surface area contributed by atoms with Crippen molar-refractivity contribution in [1.82, 2.24) is 0 Å². The second kappa shape index (κ2) is 11.0. The number of anilines is 1. The molecule has 0 aliphatic heterocycles. The van der Waals surface area contributed by atoms with E-state index in [0.717, 1.165) is 13.6 Å². The van der Waals surface area contributed by atoms with Gasteiger partial charge in [0, 0.05) is 13.7 Å². The largest absolute Gasteiger partial charge is 0.493 e. The number of nitriles is 1. The molecule has 0 aliphatic carbocycles. The Kier molecular flexibility index (Phi) is 8.09. The van der Waals surface area contributed by atoms with E-state index >= 15 is 0 Å². The van der Waals surface area contributed by atoms with Crippen LogP contribution in [0.4, 0.5) is 5.69 Å². The molecule has 156 valence electrons. The molecule has 31 heavy (non-hydrogen) atoms. The second-order valence-corrected chi connectivity index (χ2v) is 8.62. The molecule has 0 unspecified atom stereocenters. The zero-order chi connectivity index (χ0) is 22.2. The number of amides is 1. The fraction of sp³-hybridized carbons (Fsp3) is 0.0833. The molecule has 0 radical (unpaired) electrons. The van der Waals surface area contributed by atoms with E-state index in [2.05, 4.69) is 43.8 Å². The number of carbonyl (C=O) groups excluding carboxylic acids is 1. The molecule has 3 aromatic rings. The number of carbonyl (C=O) groups is 1. The van der Waals surface area contributed by atoms with Gasteiger partial charge in [0.15, 0.2) is 11.5 Å². The van der Waals surface area contributed by atoms with Crippen molar-refractivity contribution < 1.29 is 14.3 Å². The van der Waals surface area contributed by atoms with E-state index in [4.69, 9.17) is 9.47 Å². The van der Waals surface area contributed by atoms with Gasteiger partial charge < -0.3 is 14.8 Å². The number of ether oxygens (including phenoxy) is 2. The Labute approximate surface area is 203 Å². The molecule has 0 bridgehead atoms. The van der Waals surface area contributed by atoms with E-state index in [0.29, 0.717) is 29.4 Å². The molecule has 3 aromatic carbocycles. The molecular formula is C24H18BrIN2O3. The molecule has 1 N–H and O–H groups in total. The van der Waals surface area contributed by atoms with Gasteiger partial charge in [-0.1, -0.05) is 34.1 Å². The third-order valence-electron chi connectivity index (χ3n) is 4.27. The van der Waals surface area contributed by atoms with Crippen LogP contribution in [0, 0.1) is 14.9 Å². The summed E-state index contributed by atoms with van der Waals surface area (Å²) >= 11 is 5.60. The summed E-state index contributed by atoms with van der Waals surface area (Å²) in [6.07, 6.45) is 1.52. The van der Waals surface area contributed by atoms with E-state index in [1.54, 1.807) is 37.4 Å². The molecule has 0 atom stereocenters. The minimum atomic E-state index is -0.474. The van der Waals surface area contributed by atoms with Gasteiger partial charge >= 0.3 is 0 Å². The summed E-state index contributed by atoms with van der Waals surface area (Å²) < 4.78 is 13.4. The van der Waals surface area contributed by atoms with E-state index in [1.165, 1.54) is 6.08 Å². The Morgan fingerprint density at radius 3 is 2.45 bits per heavy atom. The van der Waals surface area contributed by atoms with Gasteiger partial charge in [-0.2, -0.15) is 5.26 Å². The van der Waals surface area contributed by atoms with Crippen molar-refractivity contribution in [3.8, 4) is 17.6 Å². The van der Waals surface area contributed by atoms with E-state index in [-0.39, 0.29) is 5.57 Å². The lowest BCUT2D eigenvalue weighted by atomic mass is 10.1. The number of halogens is 2. The zero-order valence-corrected chi connectivity index (χ0v) is 20.3. The molecule has 0 saturated carbocycles. The first-order chi connectivity index (χ1) is 15.0. The molecule has 0 aromatic heterocycles. The van der Waals surface area contributed by atoms with Crippen molar-refractivity contribution in [2.45, 2.75) is 6.61 Å². The van der Waals surface area contributed by atoms with Crippen LogP contribution in [0.5, 0.6) is 11.5 Å². The molecule has 0 aliphatic rings. The Morgan fingerprint density at radius 2 is 1.81 bits per heavy atom. The summed E-state index contributed by atoms with van der Waals surface area (Å²) in [5.74, 6) is 0.615. The van der Waals surface area contributed by atoms with Crippen LogP contribution in [0.25, 0.3) is 6.08 Å². The molecule has 3 rings (SSSR count). The van der Waals surface area contributed by atoms with Crippen molar-refractivity contribution >= 4 is 56.2 Å². The number of rotatable bonds is 7. The smallest absolute Gasteiger partial charge is 0.266 e. The molecule has 1 amide bonds. The third kappa shape index (κ3) is 6.57. The maximum Gasteiger partial charge on any atom is 0.266 e. The molecule has 0 saturated heterocycles. The van der Waals surface area contributed by atoms with Crippen molar-refractivity contribution in [2.24, 2.45) is 0 Å². The summed E-state index contributed by atoms with van der Waals surface area (Å²) in [7, 11) is 1.55. The average Bonchev–Trinajstić information content (AvgIpc) is 2.78. The van der Waals surface area contributed by atoms with Gasteiger partial charge in [0.25, 0.3) is 5.91 Å². The van der Waals surface area contributed by atoms with Gasteiger partial charge in [0.05, 0.1) is 7.11 Å². The van der Waals surface area contributed by atoms with Crippen LogP contribution >= 0.6 is 38.5 Å². The highest BCUT2D eigenvalue weighted by molar-refractivity contribution is 14.1. The number of nitrogens with one attached hydrogen (secondary N) is 1. The van der Waals surface area contributed by atoms with Gasteiger partial charge in [-0.15, -0.1) is 0 Å². The first kappa shape index (κ1) is 22.8. The number of hydrogen-bond donors (Lipinski definition) is 1. The van der Waals surface area contributed by atoms with E-state index in [9.17, 15) is 10.1 Å². The fourth-order valence-corrected chi connectivity index (χ4v) is 3.31. The van der Waals surface area contributed by atoms with E-state index in [1.807, 2.05) is 42.5 Å². The van der Waals surface area contributed by atoms with Crippen LogP contribution in [0.2, 0.25) is 0 Å². The predicted octanol–water partition coefficient (Wildman–Crippen LogP) is 6.19. The predicted molar refractivity (Wildman–Crippen MR) is 133 cm³/mol. The maximum atomic E-state index is 12.5. The Morgan fingerprint density at radius 1 is 1.10 bits per heavy atom. The first-order valence-electron chi connectivity index (χ1n) is 9.22. The van der Waals surface area contributed by atoms with Gasteiger partial charge in [-0.3, -0.25) is 4.79 Å². The highest BCUT2D eigenvalue weighted by Gasteiger charge is 2.11. The highest BCUT2D eigenvalue weighted by atomic mass is 127. The topological polar surface area (TPSA) is 71.3 Å². The van der Waals surface area contributed by atoms with Crippen LogP contribution in [0.3, 0.4) is 0 Å². The normalized spacial score (nSPS) is 10.8. The number of nitrogens with zero attached hydrogens (tertiary/aromatic N) is 1. The lowest BCUT2D eigenvalue weighted by Crippen LogP contribution is -2.13. The zero-order valence-electron chi connectivity index (χ0n) is 16.6. The van der Waals surface area contributed by atoms with Crippen LogP contribution in [-0.2, 0) is 11.4 Å². The molecule has 7 heteroatoms. The quantitative estimate of drug-likeness (QED) is 0.203. The SMILES string of the molecule is COc1cc(/C=C(\C#N)C(=O)Nc2ccc(I)cc2)ccc1OCc1ccc(Br)cc1. The number of benzene rings is 3. The Bertz CT molecular complexity index is 1140. The Balaban J connectivity index is 1.74. The minimum absolute atomic E-state index is 0.0101. The maximum absolute atomic E-state index is 12.5. The Hall–Kier alpha value is -2.83. The van der Waals surface area contributed by atoms with E-state index < -0.39 is 5.91 Å². The lowest BCUT2D eigenvalue weighted by molar-refractivity contribution is -0.112. The highest BCUT2D eigenvalue weighted by Crippen LogP contribution is 2.30. The van der Waals surface area contributed by atoms with Crippen molar-refractivity contribution in [1.29, 1.82) is 5.26 Å². The number of methoxy groups -OCH3 is 1. The molecule has 0 heterocycles. The minimum Gasteiger partial charge on any atom is -0.493 e. The number of hydrogen-bond acceptors (Lipinski definition) is 4. The fourth-order valence-electron chi connectivity index (χ4n) is 2.68. The molecule has 0 fully saturated rings. The van der Waals surface area contributed by atoms with Crippen molar-refractivity contribution in [2.75, 3.05) is 12.4 Å². The second-order valence-electron chi connectivity index (χ2n) is 6.46. The summed E-state index contributed by atoms with van der Waals surface area (Å²) in [6.45, 7) is 0.390. The molecule has 0 spiro atoms. The monoisotopic (exact) mass is 588 g/mol. The average molecular weight is 589 g/mol. The van der Waals surface area contributed by atoms with Crippen LogP contribution in [0.15, 0.2) is 76.8 Å². The summed E-state index contributed by atoms with van der Waals surface area (Å²) in [4.78, 5) is 12.5. The van der Waals surface area contributed by atoms with Gasteiger partial charge in [-0.25, -0.2) is 0 Å². The summed E-state index contributed by atoms with van der Waals surface area (Å²) in [5.41, 5.74) is 2.29. The van der Waals surface area contributed by atoms with Gasteiger partial charge in [-0.05, 0) is 88.3 Å². The third-order valence-corrected chi connectivity index (χ3v) is 5.52. The van der Waals surface area contributed by atoms with Crippen LogP contribution < -0.4 is 14.8 Å².